The minimum absolute atomic E-state index is 0.131. The third-order valence-electron chi connectivity index (χ3n) is 5.41. The molecular weight excluding hydrogens is 402 g/mol. The van der Waals surface area contributed by atoms with Gasteiger partial charge < -0.3 is 14.1 Å². The molecule has 1 amide bonds. The standard InChI is InChI=1S/C27H25NO4/c1-4-31-21-15-13-19(14-16-21)17-28(3)27(30)23-12-8-11-22-24(29)18(2)25(32-26(22)23)20-9-6-5-7-10-20/h5-16H,4,17H2,1-3H3. The lowest BCUT2D eigenvalue weighted by molar-refractivity contribution is 0.0786. The van der Waals surface area contributed by atoms with Gasteiger partial charge in [0, 0.05) is 24.7 Å². The van der Waals surface area contributed by atoms with E-state index in [9.17, 15) is 9.59 Å². The molecule has 0 saturated heterocycles. The summed E-state index contributed by atoms with van der Waals surface area (Å²) in [7, 11) is 1.74. The van der Waals surface area contributed by atoms with E-state index < -0.39 is 0 Å². The van der Waals surface area contributed by atoms with E-state index in [0.29, 0.717) is 41.0 Å². The van der Waals surface area contributed by atoms with Crippen molar-refractivity contribution in [3.8, 4) is 17.1 Å². The van der Waals surface area contributed by atoms with Gasteiger partial charge in [-0.1, -0.05) is 48.5 Å². The summed E-state index contributed by atoms with van der Waals surface area (Å²) in [4.78, 5) is 28.0. The monoisotopic (exact) mass is 427 g/mol. The molecule has 5 nitrogen and oxygen atoms in total. The average Bonchev–Trinajstić information content (AvgIpc) is 2.82. The van der Waals surface area contributed by atoms with Crippen LogP contribution in [0.25, 0.3) is 22.3 Å². The van der Waals surface area contributed by atoms with Gasteiger partial charge in [0.2, 0.25) is 0 Å². The molecular formula is C27H25NO4. The van der Waals surface area contributed by atoms with Gasteiger partial charge in [0.15, 0.2) is 11.0 Å². The Kier molecular flexibility index (Phi) is 6.08. The molecule has 4 aromatic rings. The Morgan fingerprint density at radius 3 is 2.38 bits per heavy atom. The summed E-state index contributed by atoms with van der Waals surface area (Å²) in [5.41, 5.74) is 2.85. The highest BCUT2D eigenvalue weighted by Crippen LogP contribution is 2.28. The van der Waals surface area contributed by atoms with Crippen molar-refractivity contribution in [1.82, 2.24) is 4.90 Å². The van der Waals surface area contributed by atoms with Crippen LogP contribution in [0.15, 0.2) is 82.0 Å². The van der Waals surface area contributed by atoms with Crippen LogP contribution < -0.4 is 10.2 Å². The van der Waals surface area contributed by atoms with Crippen LogP contribution in [0.5, 0.6) is 5.75 Å². The van der Waals surface area contributed by atoms with Crippen LogP contribution in [0.3, 0.4) is 0 Å². The van der Waals surface area contributed by atoms with Gasteiger partial charge in [0.1, 0.15) is 11.5 Å². The summed E-state index contributed by atoms with van der Waals surface area (Å²) in [6, 6.07) is 22.2. The molecule has 4 rings (SSSR count). The first-order valence-corrected chi connectivity index (χ1v) is 10.6. The number of carbonyl (C=O) groups is 1. The maximum atomic E-state index is 13.3. The van der Waals surface area contributed by atoms with Crippen LogP contribution >= 0.6 is 0 Å². The van der Waals surface area contributed by atoms with Crippen molar-refractivity contribution >= 4 is 16.9 Å². The lowest BCUT2D eigenvalue weighted by atomic mass is 10.0. The minimum atomic E-state index is -0.213. The highest BCUT2D eigenvalue weighted by molar-refractivity contribution is 6.05. The number of benzene rings is 3. The van der Waals surface area contributed by atoms with Crippen molar-refractivity contribution in [1.29, 1.82) is 0 Å². The second kappa shape index (κ2) is 9.10. The van der Waals surface area contributed by atoms with Crippen LogP contribution in [0.1, 0.15) is 28.4 Å². The van der Waals surface area contributed by atoms with Crippen LogP contribution in [0, 0.1) is 6.92 Å². The van der Waals surface area contributed by atoms with E-state index in [1.54, 1.807) is 37.1 Å². The first-order chi connectivity index (χ1) is 15.5. The highest BCUT2D eigenvalue weighted by Gasteiger charge is 2.20. The zero-order chi connectivity index (χ0) is 22.7. The molecule has 3 aromatic carbocycles. The molecule has 32 heavy (non-hydrogen) atoms. The van der Waals surface area contributed by atoms with Crippen molar-refractivity contribution < 1.29 is 13.9 Å². The number of hydrogen-bond acceptors (Lipinski definition) is 4. The SMILES string of the molecule is CCOc1ccc(CN(C)C(=O)c2cccc3c(=O)c(C)c(-c4ccccc4)oc23)cc1. The van der Waals surface area contributed by atoms with E-state index in [1.807, 2.05) is 61.5 Å². The number of carbonyl (C=O) groups excluding carboxylic acids is 1. The summed E-state index contributed by atoms with van der Waals surface area (Å²) >= 11 is 0. The largest absolute Gasteiger partial charge is 0.494 e. The summed E-state index contributed by atoms with van der Waals surface area (Å²) in [6.45, 7) is 4.71. The van der Waals surface area contributed by atoms with Crippen molar-refractivity contribution in [3.63, 3.8) is 0 Å². The number of ether oxygens (including phenoxy) is 1. The molecule has 0 unspecified atom stereocenters. The maximum absolute atomic E-state index is 13.3. The Labute approximate surface area is 186 Å². The number of fused-ring (bicyclic) bond motifs is 1. The lowest BCUT2D eigenvalue weighted by Crippen LogP contribution is -2.26. The molecule has 5 heteroatoms. The molecule has 0 fully saturated rings. The highest BCUT2D eigenvalue weighted by atomic mass is 16.5. The summed E-state index contributed by atoms with van der Waals surface area (Å²) in [6.07, 6.45) is 0. The van der Waals surface area contributed by atoms with Crippen molar-refractivity contribution in [3.05, 3.63) is 99.7 Å². The quantitative estimate of drug-likeness (QED) is 0.411. The van der Waals surface area contributed by atoms with Crippen LogP contribution in [0.2, 0.25) is 0 Å². The second-order valence-electron chi connectivity index (χ2n) is 7.67. The van der Waals surface area contributed by atoms with Crippen LogP contribution in [-0.2, 0) is 6.54 Å². The van der Waals surface area contributed by atoms with E-state index in [2.05, 4.69) is 0 Å². The van der Waals surface area contributed by atoms with Gasteiger partial charge in [-0.05, 0) is 43.7 Å². The predicted molar refractivity (Wildman–Crippen MR) is 126 cm³/mol. The number of para-hydroxylation sites is 1. The average molecular weight is 428 g/mol. The topological polar surface area (TPSA) is 59.8 Å². The van der Waals surface area contributed by atoms with Crippen molar-refractivity contribution in [2.75, 3.05) is 13.7 Å². The molecule has 0 N–H and O–H groups in total. The number of hydrogen-bond donors (Lipinski definition) is 0. The Bertz CT molecular complexity index is 1310. The molecule has 1 heterocycles. The molecule has 162 valence electrons. The minimum Gasteiger partial charge on any atom is -0.494 e. The van der Waals surface area contributed by atoms with Gasteiger partial charge in [-0.2, -0.15) is 0 Å². The molecule has 0 bridgehead atoms. The van der Waals surface area contributed by atoms with Crippen LogP contribution in [-0.4, -0.2) is 24.5 Å². The molecule has 1 aromatic heterocycles. The van der Waals surface area contributed by atoms with E-state index in [1.165, 1.54) is 0 Å². The Morgan fingerprint density at radius 1 is 0.969 bits per heavy atom. The van der Waals surface area contributed by atoms with Crippen molar-refractivity contribution in [2.45, 2.75) is 20.4 Å². The molecule has 0 radical (unpaired) electrons. The first-order valence-electron chi connectivity index (χ1n) is 10.6. The molecule has 0 saturated carbocycles. The van der Waals surface area contributed by atoms with Gasteiger partial charge in [-0.3, -0.25) is 9.59 Å². The molecule has 0 aliphatic heterocycles. The molecule has 0 aliphatic carbocycles. The fourth-order valence-corrected chi connectivity index (χ4v) is 3.75. The third-order valence-corrected chi connectivity index (χ3v) is 5.41. The normalized spacial score (nSPS) is 10.8. The first kappa shape index (κ1) is 21.4. The van der Waals surface area contributed by atoms with Gasteiger partial charge >= 0.3 is 0 Å². The zero-order valence-corrected chi connectivity index (χ0v) is 18.4. The van der Waals surface area contributed by atoms with Gasteiger partial charge in [0.05, 0.1) is 17.6 Å². The maximum Gasteiger partial charge on any atom is 0.257 e. The summed E-state index contributed by atoms with van der Waals surface area (Å²) in [5.74, 6) is 1.07. The fourth-order valence-electron chi connectivity index (χ4n) is 3.75. The number of nitrogens with zero attached hydrogens (tertiary/aromatic N) is 1. The van der Waals surface area contributed by atoms with E-state index in [-0.39, 0.29) is 11.3 Å². The molecule has 0 aliphatic rings. The van der Waals surface area contributed by atoms with Gasteiger partial charge in [-0.15, -0.1) is 0 Å². The van der Waals surface area contributed by atoms with E-state index in [4.69, 9.17) is 9.15 Å². The Balaban J connectivity index is 1.71. The number of amides is 1. The van der Waals surface area contributed by atoms with Gasteiger partial charge in [-0.25, -0.2) is 0 Å². The molecule has 0 atom stereocenters. The van der Waals surface area contributed by atoms with E-state index >= 15 is 0 Å². The van der Waals surface area contributed by atoms with Crippen molar-refractivity contribution in [2.24, 2.45) is 0 Å². The number of rotatable bonds is 6. The van der Waals surface area contributed by atoms with Crippen LogP contribution in [0.4, 0.5) is 0 Å². The zero-order valence-electron chi connectivity index (χ0n) is 18.4. The summed E-state index contributed by atoms with van der Waals surface area (Å²) < 4.78 is 11.7. The van der Waals surface area contributed by atoms with E-state index in [0.717, 1.165) is 16.9 Å². The predicted octanol–water partition coefficient (Wildman–Crippen LogP) is 5.44. The Morgan fingerprint density at radius 2 is 1.69 bits per heavy atom. The Hall–Kier alpha value is -3.86. The molecule has 0 spiro atoms. The smallest absolute Gasteiger partial charge is 0.257 e. The third kappa shape index (κ3) is 4.14. The second-order valence-corrected chi connectivity index (χ2v) is 7.67. The van der Waals surface area contributed by atoms with Gasteiger partial charge in [0.25, 0.3) is 5.91 Å². The summed E-state index contributed by atoms with van der Waals surface area (Å²) in [5, 5.41) is 0.405. The lowest BCUT2D eigenvalue weighted by Gasteiger charge is -2.18. The fraction of sp³-hybridized carbons (Fsp3) is 0.185.